The Labute approximate surface area is 183 Å². The van der Waals surface area contributed by atoms with Crippen molar-refractivity contribution >= 4 is 11.8 Å². The van der Waals surface area contributed by atoms with Crippen molar-refractivity contribution in [3.8, 4) is 0 Å². The number of aliphatic hydroxyl groups is 1. The van der Waals surface area contributed by atoms with Gasteiger partial charge >= 0.3 is 5.97 Å². The van der Waals surface area contributed by atoms with E-state index in [-0.39, 0.29) is 29.4 Å². The molecule has 2 N–H and O–H groups in total. The predicted molar refractivity (Wildman–Crippen MR) is 113 cm³/mol. The standard InChI is InChI=1S/C24H35N3O4/c1-23(31)9-7-15-14(11-23)3-4-17-16(15)8-10-24(2)18(17)5-6-19(24)21(28)13-27-25-12-20(26-27)22(29)30/h12,14-19,31H,3-11,13H2,1-2H3,(H,29,30)/t14-,15+,16-,17-,18+,19-,23-,24+/m1/s1. The molecule has 0 amide bonds. The molecule has 31 heavy (non-hydrogen) atoms. The zero-order valence-corrected chi connectivity index (χ0v) is 18.7. The minimum atomic E-state index is -1.12. The van der Waals surface area contributed by atoms with Crippen LogP contribution in [-0.2, 0) is 11.3 Å². The SMILES string of the molecule is C[C@@]1(O)CC[C@H]2[C@H](CC[C@@H]3[C@@H]2CC[C@]2(C)[C@@H](C(=O)Cn4ncc(C(=O)O)n4)CC[C@@H]32)C1. The van der Waals surface area contributed by atoms with E-state index in [4.69, 9.17) is 5.11 Å². The van der Waals surface area contributed by atoms with Crippen molar-refractivity contribution in [2.24, 2.45) is 40.9 Å². The van der Waals surface area contributed by atoms with E-state index in [2.05, 4.69) is 17.1 Å². The van der Waals surface area contributed by atoms with Crippen molar-refractivity contribution in [3.05, 3.63) is 11.9 Å². The summed E-state index contributed by atoms with van der Waals surface area (Å²) in [5.41, 5.74) is -0.566. The van der Waals surface area contributed by atoms with Gasteiger partial charge in [-0.2, -0.15) is 9.90 Å². The van der Waals surface area contributed by atoms with Crippen LogP contribution in [0.25, 0.3) is 0 Å². The predicted octanol–water partition coefficient (Wildman–Crippen LogP) is 3.57. The summed E-state index contributed by atoms with van der Waals surface area (Å²) in [6, 6.07) is 0. The maximum Gasteiger partial charge on any atom is 0.358 e. The first-order valence-corrected chi connectivity index (χ1v) is 12.1. The number of hydrogen-bond donors (Lipinski definition) is 2. The lowest BCUT2D eigenvalue weighted by molar-refractivity contribution is -0.133. The summed E-state index contributed by atoms with van der Waals surface area (Å²) in [7, 11) is 0. The number of Topliss-reactive ketones (excluding diaryl/α,β-unsaturated/α-hetero) is 1. The van der Waals surface area contributed by atoms with Crippen LogP contribution < -0.4 is 0 Å². The van der Waals surface area contributed by atoms with Gasteiger partial charge in [0.25, 0.3) is 0 Å². The molecule has 0 bridgehead atoms. The van der Waals surface area contributed by atoms with Crippen molar-refractivity contribution in [3.63, 3.8) is 0 Å². The lowest BCUT2D eigenvalue weighted by atomic mass is 9.49. The number of carbonyl (C=O) groups excluding carboxylic acids is 1. The molecule has 5 rings (SSSR count). The molecule has 4 fully saturated rings. The van der Waals surface area contributed by atoms with Crippen molar-refractivity contribution in [2.75, 3.05) is 0 Å². The maximum absolute atomic E-state index is 13.2. The topological polar surface area (TPSA) is 105 Å². The summed E-state index contributed by atoms with van der Waals surface area (Å²) in [5.74, 6) is 2.54. The van der Waals surface area contributed by atoms with Crippen LogP contribution in [0.2, 0.25) is 0 Å². The summed E-state index contributed by atoms with van der Waals surface area (Å²) in [6.07, 6.45) is 11.1. The van der Waals surface area contributed by atoms with Crippen LogP contribution in [0.1, 0.15) is 82.1 Å². The van der Waals surface area contributed by atoms with Gasteiger partial charge in [-0.1, -0.05) is 6.92 Å². The highest BCUT2D eigenvalue weighted by Crippen LogP contribution is 2.64. The molecule has 4 aliphatic carbocycles. The molecule has 8 atom stereocenters. The second-order valence-electron chi connectivity index (χ2n) is 11.4. The Kier molecular flexibility index (Phi) is 5.03. The lowest BCUT2D eigenvalue weighted by Gasteiger charge is -2.56. The Morgan fingerprint density at radius 2 is 1.84 bits per heavy atom. The second-order valence-corrected chi connectivity index (χ2v) is 11.4. The molecule has 0 aliphatic heterocycles. The Balaban J connectivity index is 1.29. The molecule has 0 radical (unpaired) electrons. The summed E-state index contributed by atoms with van der Waals surface area (Å²) in [5, 5.41) is 27.5. The summed E-state index contributed by atoms with van der Waals surface area (Å²) in [6.45, 7) is 4.41. The third-order valence-corrected chi connectivity index (χ3v) is 9.68. The lowest BCUT2D eigenvalue weighted by Crippen LogP contribution is -2.51. The Morgan fingerprint density at radius 1 is 1.06 bits per heavy atom. The van der Waals surface area contributed by atoms with E-state index in [1.807, 2.05) is 6.92 Å². The highest BCUT2D eigenvalue weighted by molar-refractivity contribution is 5.85. The van der Waals surface area contributed by atoms with Crippen LogP contribution in [0.5, 0.6) is 0 Å². The number of nitrogens with zero attached hydrogens (tertiary/aromatic N) is 3. The van der Waals surface area contributed by atoms with Crippen molar-refractivity contribution in [1.29, 1.82) is 0 Å². The molecule has 4 saturated carbocycles. The second kappa shape index (κ2) is 7.39. The van der Waals surface area contributed by atoms with Gasteiger partial charge < -0.3 is 10.2 Å². The van der Waals surface area contributed by atoms with Gasteiger partial charge in [0.05, 0.1) is 11.8 Å². The summed E-state index contributed by atoms with van der Waals surface area (Å²) in [4.78, 5) is 25.5. The maximum atomic E-state index is 13.2. The molecule has 0 unspecified atom stereocenters. The minimum Gasteiger partial charge on any atom is -0.476 e. The number of carboxylic acid groups (broad SMARTS) is 1. The van der Waals surface area contributed by atoms with E-state index in [0.717, 1.165) is 50.4 Å². The van der Waals surface area contributed by atoms with Crippen LogP contribution in [0.15, 0.2) is 6.20 Å². The summed E-state index contributed by atoms with van der Waals surface area (Å²) >= 11 is 0. The van der Waals surface area contributed by atoms with E-state index in [9.17, 15) is 14.7 Å². The number of carbonyl (C=O) groups is 2. The number of fused-ring (bicyclic) bond motifs is 5. The molecule has 0 aromatic carbocycles. The largest absolute Gasteiger partial charge is 0.476 e. The van der Waals surface area contributed by atoms with Gasteiger partial charge in [-0.15, -0.1) is 5.10 Å². The van der Waals surface area contributed by atoms with E-state index in [1.54, 1.807) is 0 Å². The minimum absolute atomic E-state index is 0.0162. The van der Waals surface area contributed by atoms with Crippen LogP contribution in [0.3, 0.4) is 0 Å². The third kappa shape index (κ3) is 3.53. The molecule has 0 saturated heterocycles. The summed E-state index contributed by atoms with van der Waals surface area (Å²) < 4.78 is 0. The molecular formula is C24H35N3O4. The van der Waals surface area contributed by atoms with Gasteiger partial charge in [0.15, 0.2) is 11.5 Å². The molecule has 1 aromatic heterocycles. The molecule has 1 aromatic rings. The molecule has 7 heteroatoms. The Morgan fingerprint density at radius 3 is 2.58 bits per heavy atom. The van der Waals surface area contributed by atoms with Crippen molar-refractivity contribution in [1.82, 2.24) is 15.0 Å². The third-order valence-electron chi connectivity index (χ3n) is 9.68. The van der Waals surface area contributed by atoms with Crippen LogP contribution >= 0.6 is 0 Å². The fourth-order valence-corrected chi connectivity index (χ4v) is 8.33. The normalized spacial score (nSPS) is 44.2. The van der Waals surface area contributed by atoms with E-state index < -0.39 is 11.6 Å². The van der Waals surface area contributed by atoms with Crippen molar-refractivity contribution in [2.45, 2.75) is 83.8 Å². The molecule has 170 valence electrons. The first kappa shape index (κ1) is 21.1. The van der Waals surface area contributed by atoms with Gasteiger partial charge in [-0.3, -0.25) is 4.79 Å². The van der Waals surface area contributed by atoms with Gasteiger partial charge in [-0.05, 0) is 99.7 Å². The number of aromatic carboxylic acids is 1. The number of hydrogen-bond acceptors (Lipinski definition) is 5. The zero-order valence-electron chi connectivity index (χ0n) is 18.7. The average Bonchev–Trinajstić information content (AvgIpc) is 3.31. The number of rotatable bonds is 4. The number of carboxylic acids is 1. The first-order chi connectivity index (χ1) is 14.7. The molecule has 7 nitrogen and oxygen atoms in total. The molecule has 0 spiro atoms. The molecular weight excluding hydrogens is 394 g/mol. The van der Waals surface area contributed by atoms with Gasteiger partial charge in [0, 0.05) is 5.92 Å². The number of ketones is 1. The molecule has 4 aliphatic rings. The van der Waals surface area contributed by atoms with E-state index in [0.29, 0.717) is 17.8 Å². The van der Waals surface area contributed by atoms with Gasteiger partial charge in [0.2, 0.25) is 0 Å². The van der Waals surface area contributed by atoms with Crippen LogP contribution in [0, 0.1) is 40.9 Å². The van der Waals surface area contributed by atoms with E-state index in [1.165, 1.54) is 30.3 Å². The smallest absolute Gasteiger partial charge is 0.358 e. The van der Waals surface area contributed by atoms with Crippen LogP contribution in [-0.4, -0.2) is 42.6 Å². The quantitative estimate of drug-likeness (QED) is 0.758. The number of aromatic nitrogens is 3. The highest BCUT2D eigenvalue weighted by atomic mass is 16.4. The highest BCUT2D eigenvalue weighted by Gasteiger charge is 2.58. The average molecular weight is 430 g/mol. The fourth-order valence-electron chi connectivity index (χ4n) is 8.33. The Bertz CT molecular complexity index is 880. The van der Waals surface area contributed by atoms with E-state index >= 15 is 0 Å². The zero-order chi connectivity index (χ0) is 22.0. The Hall–Kier alpha value is -1.76. The monoisotopic (exact) mass is 429 g/mol. The van der Waals surface area contributed by atoms with Gasteiger partial charge in [-0.25, -0.2) is 4.79 Å². The van der Waals surface area contributed by atoms with Crippen LogP contribution in [0.4, 0.5) is 0 Å². The van der Waals surface area contributed by atoms with Crippen molar-refractivity contribution < 1.29 is 19.8 Å². The fraction of sp³-hybridized carbons (Fsp3) is 0.833. The first-order valence-electron chi connectivity index (χ1n) is 12.1. The van der Waals surface area contributed by atoms with Gasteiger partial charge in [0.1, 0.15) is 6.54 Å². The molecule has 1 heterocycles.